The molecule has 1 saturated heterocycles. The Balaban J connectivity index is 1.59. The largest absolute Gasteiger partial charge is 0.444 e. The van der Waals surface area contributed by atoms with Gasteiger partial charge >= 0.3 is 6.09 Å². The molecule has 3 rings (SSSR count). The zero-order valence-corrected chi connectivity index (χ0v) is 15.0. The number of ether oxygens (including phenoxy) is 1. The number of hydrogen-bond acceptors (Lipinski definition) is 5. The lowest BCUT2D eigenvalue weighted by Crippen LogP contribution is -2.50. The average molecular weight is 340 g/mol. The number of hydrogen-bond donors (Lipinski definition) is 0. The van der Waals surface area contributed by atoms with Gasteiger partial charge in [0.15, 0.2) is 5.82 Å². The summed E-state index contributed by atoms with van der Waals surface area (Å²) in [6, 6.07) is 10.0. The number of piperazine rings is 1. The van der Waals surface area contributed by atoms with Gasteiger partial charge in [-0.1, -0.05) is 0 Å². The molecule has 1 aromatic heterocycles. The molecule has 0 atom stereocenters. The second-order valence-electron chi connectivity index (χ2n) is 7.07. The van der Waals surface area contributed by atoms with Crippen LogP contribution in [0.2, 0.25) is 0 Å². The predicted molar refractivity (Wildman–Crippen MR) is 97.5 cm³/mol. The van der Waals surface area contributed by atoms with Crippen molar-refractivity contribution in [1.82, 2.24) is 14.9 Å². The maximum atomic E-state index is 12.1. The summed E-state index contributed by atoms with van der Waals surface area (Å²) in [6.45, 7) is 8.58. The number of carbonyl (C=O) groups excluding carboxylic acids is 1. The number of amides is 1. The minimum atomic E-state index is -0.455. The van der Waals surface area contributed by atoms with Crippen LogP contribution in [0.5, 0.6) is 0 Å². The molecule has 0 N–H and O–H groups in total. The summed E-state index contributed by atoms with van der Waals surface area (Å²) in [5, 5.41) is 0. The Kier molecular flexibility index (Phi) is 4.88. The van der Waals surface area contributed by atoms with Gasteiger partial charge in [0, 0.05) is 49.8 Å². The smallest absolute Gasteiger partial charge is 0.410 e. The molecular formula is C19H24N4O2. The van der Waals surface area contributed by atoms with Gasteiger partial charge in [-0.25, -0.2) is 14.8 Å². The molecule has 1 amide bonds. The Morgan fingerprint density at radius 3 is 2.16 bits per heavy atom. The highest BCUT2D eigenvalue weighted by molar-refractivity contribution is 5.69. The first kappa shape index (κ1) is 17.2. The van der Waals surface area contributed by atoms with Gasteiger partial charge in [-0.05, 0) is 51.1 Å². The van der Waals surface area contributed by atoms with Crippen LogP contribution < -0.4 is 4.90 Å². The zero-order valence-electron chi connectivity index (χ0n) is 15.0. The van der Waals surface area contributed by atoms with E-state index in [-0.39, 0.29) is 6.09 Å². The van der Waals surface area contributed by atoms with Gasteiger partial charge in [0.05, 0.1) is 0 Å². The summed E-state index contributed by atoms with van der Waals surface area (Å²) in [5.41, 5.74) is 1.68. The van der Waals surface area contributed by atoms with Gasteiger partial charge in [0.25, 0.3) is 0 Å². The lowest BCUT2D eigenvalue weighted by molar-refractivity contribution is 0.0240. The van der Waals surface area contributed by atoms with Gasteiger partial charge in [-0.3, -0.25) is 0 Å². The van der Waals surface area contributed by atoms with Gasteiger partial charge in [-0.15, -0.1) is 0 Å². The van der Waals surface area contributed by atoms with Gasteiger partial charge < -0.3 is 14.5 Å². The standard InChI is InChI=1S/C19H24N4O2/c1-19(2,3)25-18(24)23-13-11-22(12-14-23)16-7-5-15(6-8-16)17-20-9-4-10-21-17/h4-10H,11-14H2,1-3H3. The molecule has 0 radical (unpaired) electrons. The molecule has 25 heavy (non-hydrogen) atoms. The maximum absolute atomic E-state index is 12.1. The molecule has 0 spiro atoms. The summed E-state index contributed by atoms with van der Waals surface area (Å²) in [6.07, 6.45) is 3.25. The van der Waals surface area contributed by atoms with Crippen molar-refractivity contribution < 1.29 is 9.53 Å². The van der Waals surface area contributed by atoms with Crippen molar-refractivity contribution >= 4 is 11.8 Å². The fourth-order valence-corrected chi connectivity index (χ4v) is 2.74. The summed E-state index contributed by atoms with van der Waals surface area (Å²) in [5.74, 6) is 0.726. The van der Waals surface area contributed by atoms with Crippen LogP contribution in [0.15, 0.2) is 42.7 Å². The highest BCUT2D eigenvalue weighted by Gasteiger charge is 2.25. The van der Waals surface area contributed by atoms with Crippen molar-refractivity contribution in [1.29, 1.82) is 0 Å². The molecule has 0 saturated carbocycles. The van der Waals surface area contributed by atoms with Crippen molar-refractivity contribution in [2.75, 3.05) is 31.1 Å². The van der Waals surface area contributed by atoms with E-state index < -0.39 is 5.60 Å². The lowest BCUT2D eigenvalue weighted by Gasteiger charge is -2.36. The quantitative estimate of drug-likeness (QED) is 0.840. The van der Waals surface area contributed by atoms with E-state index in [4.69, 9.17) is 4.74 Å². The lowest BCUT2D eigenvalue weighted by atomic mass is 10.1. The summed E-state index contributed by atoms with van der Waals surface area (Å²) in [7, 11) is 0. The van der Waals surface area contributed by atoms with Crippen LogP contribution in [0.1, 0.15) is 20.8 Å². The van der Waals surface area contributed by atoms with E-state index >= 15 is 0 Å². The molecule has 0 bridgehead atoms. The molecule has 2 heterocycles. The van der Waals surface area contributed by atoms with Crippen LogP contribution in [0, 0.1) is 0 Å². The molecule has 1 aliphatic rings. The summed E-state index contributed by atoms with van der Waals surface area (Å²) < 4.78 is 5.44. The van der Waals surface area contributed by atoms with Gasteiger partial charge in [-0.2, -0.15) is 0 Å². The Bertz CT molecular complexity index is 702. The minimum Gasteiger partial charge on any atom is -0.444 e. The average Bonchev–Trinajstić information content (AvgIpc) is 2.61. The second-order valence-corrected chi connectivity index (χ2v) is 7.07. The molecule has 0 aliphatic carbocycles. The SMILES string of the molecule is CC(C)(C)OC(=O)N1CCN(c2ccc(-c3ncccn3)cc2)CC1. The number of rotatable bonds is 2. The predicted octanol–water partition coefficient (Wildman–Crippen LogP) is 3.20. The van der Waals surface area contributed by atoms with Crippen molar-refractivity contribution in [3.8, 4) is 11.4 Å². The molecule has 1 aromatic carbocycles. The monoisotopic (exact) mass is 340 g/mol. The zero-order chi connectivity index (χ0) is 17.9. The van der Waals surface area contributed by atoms with E-state index in [9.17, 15) is 4.79 Å². The number of anilines is 1. The number of benzene rings is 1. The summed E-state index contributed by atoms with van der Waals surface area (Å²) in [4.78, 5) is 24.7. The molecule has 6 heteroatoms. The fraction of sp³-hybridized carbons (Fsp3) is 0.421. The molecule has 0 unspecified atom stereocenters. The number of nitrogens with zero attached hydrogens (tertiary/aromatic N) is 4. The highest BCUT2D eigenvalue weighted by atomic mass is 16.6. The molecule has 2 aromatic rings. The van der Waals surface area contributed by atoms with E-state index in [2.05, 4.69) is 27.0 Å². The van der Waals surface area contributed by atoms with E-state index in [0.717, 1.165) is 30.2 Å². The van der Waals surface area contributed by atoms with Crippen LogP contribution in [0.4, 0.5) is 10.5 Å². The number of aromatic nitrogens is 2. The van der Waals surface area contributed by atoms with E-state index in [1.54, 1.807) is 17.3 Å². The molecular weight excluding hydrogens is 316 g/mol. The summed E-state index contributed by atoms with van der Waals surface area (Å²) >= 11 is 0. The van der Waals surface area contributed by atoms with Crippen LogP contribution in [-0.4, -0.2) is 52.7 Å². The van der Waals surface area contributed by atoms with E-state index in [0.29, 0.717) is 13.1 Å². The van der Waals surface area contributed by atoms with E-state index in [1.807, 2.05) is 39.0 Å². The minimum absolute atomic E-state index is 0.233. The van der Waals surface area contributed by atoms with Crippen LogP contribution >= 0.6 is 0 Å². The fourth-order valence-electron chi connectivity index (χ4n) is 2.74. The van der Waals surface area contributed by atoms with Crippen molar-refractivity contribution in [3.05, 3.63) is 42.7 Å². The Morgan fingerprint density at radius 2 is 1.60 bits per heavy atom. The van der Waals surface area contributed by atoms with Crippen LogP contribution in [0.3, 0.4) is 0 Å². The maximum Gasteiger partial charge on any atom is 0.410 e. The highest BCUT2D eigenvalue weighted by Crippen LogP contribution is 2.22. The molecule has 132 valence electrons. The molecule has 6 nitrogen and oxygen atoms in total. The van der Waals surface area contributed by atoms with Crippen LogP contribution in [0.25, 0.3) is 11.4 Å². The van der Waals surface area contributed by atoms with E-state index in [1.165, 1.54) is 0 Å². The van der Waals surface area contributed by atoms with Crippen molar-refractivity contribution in [2.24, 2.45) is 0 Å². The first-order valence-electron chi connectivity index (χ1n) is 8.53. The second kappa shape index (κ2) is 7.09. The third kappa shape index (κ3) is 4.47. The number of carbonyl (C=O) groups is 1. The van der Waals surface area contributed by atoms with Crippen LogP contribution in [-0.2, 0) is 4.74 Å². The Labute approximate surface area is 148 Å². The van der Waals surface area contributed by atoms with Gasteiger partial charge in [0.2, 0.25) is 0 Å². The molecule has 1 fully saturated rings. The Hall–Kier alpha value is -2.63. The van der Waals surface area contributed by atoms with Gasteiger partial charge in [0.1, 0.15) is 5.60 Å². The first-order chi connectivity index (χ1) is 11.9. The van der Waals surface area contributed by atoms with Crippen molar-refractivity contribution in [2.45, 2.75) is 26.4 Å². The molecule has 1 aliphatic heterocycles. The third-order valence-electron chi connectivity index (χ3n) is 3.99. The topological polar surface area (TPSA) is 58.6 Å². The first-order valence-corrected chi connectivity index (χ1v) is 8.53. The van der Waals surface area contributed by atoms with Crippen molar-refractivity contribution in [3.63, 3.8) is 0 Å². The normalized spacial score (nSPS) is 15.2. The third-order valence-corrected chi connectivity index (χ3v) is 3.99. The Morgan fingerprint density at radius 1 is 1.00 bits per heavy atom.